The predicted molar refractivity (Wildman–Crippen MR) is 130 cm³/mol. The Bertz CT molecular complexity index is 759. The molecule has 0 aromatic carbocycles. The Morgan fingerprint density at radius 2 is 1.18 bits per heavy atom. The quantitative estimate of drug-likeness (QED) is 0.112. The molecule has 198 valence electrons. The van der Waals surface area contributed by atoms with Crippen LogP contribution in [0, 0.1) is 0 Å². The average Bonchev–Trinajstić information content (AvgIpc) is 2.67. The number of hydrogen-bond donors (Lipinski definition) is 4. The van der Waals surface area contributed by atoms with Gasteiger partial charge in [-0.05, 0) is 32.6 Å². The molecule has 0 radical (unpaired) electrons. The SMILES string of the molecule is C=CCC(CCCCCCCCCC)(C(=O)O)S(=O)(=O)O.CCCCCC(C)(O)S(=O)(=O)O. The van der Waals surface area contributed by atoms with Crippen molar-refractivity contribution in [1.82, 2.24) is 0 Å². The molecule has 2 unspecified atom stereocenters. The highest BCUT2D eigenvalue weighted by atomic mass is 32.2. The Morgan fingerprint density at radius 1 is 0.788 bits per heavy atom. The minimum absolute atomic E-state index is 0.0812. The highest BCUT2D eigenvalue weighted by Gasteiger charge is 2.49. The molecule has 33 heavy (non-hydrogen) atoms. The molecule has 0 spiro atoms. The summed E-state index contributed by atoms with van der Waals surface area (Å²) in [4.78, 5) is 9.33. The van der Waals surface area contributed by atoms with E-state index in [2.05, 4.69) is 13.5 Å². The molecule has 0 aromatic rings. The maximum absolute atomic E-state index is 11.4. The van der Waals surface area contributed by atoms with E-state index in [9.17, 15) is 36.4 Å². The fraction of sp³-hybridized carbons (Fsp3) is 0.864. The lowest BCUT2D eigenvalue weighted by molar-refractivity contribution is -0.140. The van der Waals surface area contributed by atoms with Crippen LogP contribution in [0.2, 0.25) is 0 Å². The standard InChI is InChI=1S/C15H28O5S.C7H16O4S/c1-3-5-6-7-8-9-10-11-13-15(12-4-2,14(16)17)21(18,19)20;1-3-4-5-6-7(2,8)12(9,10)11/h4H,2-3,5-13H2,1H3,(H,16,17)(H,18,19,20);8H,3-6H2,1-2H3,(H,9,10,11). The fourth-order valence-electron chi connectivity index (χ4n) is 3.25. The van der Waals surface area contributed by atoms with E-state index in [1.54, 1.807) is 0 Å². The van der Waals surface area contributed by atoms with Crippen LogP contribution in [0.3, 0.4) is 0 Å². The summed E-state index contributed by atoms with van der Waals surface area (Å²) >= 11 is 0. The molecule has 0 heterocycles. The number of unbranched alkanes of at least 4 members (excludes halogenated alkanes) is 9. The van der Waals surface area contributed by atoms with E-state index < -0.39 is 35.9 Å². The molecule has 0 aromatic heterocycles. The van der Waals surface area contributed by atoms with E-state index in [0.717, 1.165) is 45.4 Å². The van der Waals surface area contributed by atoms with Crippen LogP contribution in [0.1, 0.15) is 111 Å². The summed E-state index contributed by atoms with van der Waals surface area (Å²) in [6, 6.07) is 0. The molecule has 4 N–H and O–H groups in total. The minimum atomic E-state index is -4.66. The van der Waals surface area contributed by atoms with Crippen LogP contribution >= 0.6 is 0 Å². The Balaban J connectivity index is 0. The highest BCUT2D eigenvalue weighted by molar-refractivity contribution is 7.88. The van der Waals surface area contributed by atoms with Crippen molar-refractivity contribution in [3.05, 3.63) is 12.7 Å². The summed E-state index contributed by atoms with van der Waals surface area (Å²) in [6.07, 6.45) is 11.4. The van der Waals surface area contributed by atoms with Gasteiger partial charge in [-0.3, -0.25) is 13.9 Å². The summed E-state index contributed by atoms with van der Waals surface area (Å²) in [5.41, 5.74) is 0. The van der Waals surface area contributed by atoms with Gasteiger partial charge in [0.2, 0.25) is 0 Å². The Hall–Kier alpha value is -1.01. The molecule has 0 saturated carbocycles. The van der Waals surface area contributed by atoms with Crippen LogP contribution in [0.5, 0.6) is 0 Å². The fourth-order valence-corrected chi connectivity index (χ4v) is 4.60. The lowest BCUT2D eigenvalue weighted by atomic mass is 9.96. The summed E-state index contributed by atoms with van der Waals surface area (Å²) < 4.78 is 59.7. The zero-order chi connectivity index (χ0) is 26.2. The van der Waals surface area contributed by atoms with Crippen LogP contribution in [0.25, 0.3) is 0 Å². The largest absolute Gasteiger partial charge is 0.480 e. The zero-order valence-corrected chi connectivity index (χ0v) is 22.0. The maximum Gasteiger partial charge on any atom is 0.327 e. The zero-order valence-electron chi connectivity index (χ0n) is 20.3. The van der Waals surface area contributed by atoms with E-state index >= 15 is 0 Å². The van der Waals surface area contributed by atoms with E-state index in [0.29, 0.717) is 12.8 Å². The summed E-state index contributed by atoms with van der Waals surface area (Å²) in [6.45, 7) is 8.63. The molecule has 9 nitrogen and oxygen atoms in total. The normalized spacial score (nSPS) is 15.6. The van der Waals surface area contributed by atoms with Gasteiger partial charge in [-0.1, -0.05) is 84.1 Å². The maximum atomic E-state index is 11.4. The molecule has 0 amide bonds. The molecular weight excluding hydrogens is 472 g/mol. The van der Waals surface area contributed by atoms with Crippen LogP contribution < -0.4 is 0 Å². The summed E-state index contributed by atoms with van der Waals surface area (Å²) in [5.74, 6) is -1.51. The van der Waals surface area contributed by atoms with E-state index in [1.807, 2.05) is 6.92 Å². The van der Waals surface area contributed by atoms with Crippen molar-refractivity contribution in [2.45, 2.75) is 120 Å². The van der Waals surface area contributed by atoms with Crippen LogP contribution in [-0.2, 0) is 25.0 Å². The molecule has 11 heteroatoms. The van der Waals surface area contributed by atoms with Gasteiger partial charge in [0.1, 0.15) is 0 Å². The van der Waals surface area contributed by atoms with Gasteiger partial charge in [0.15, 0.2) is 9.68 Å². The van der Waals surface area contributed by atoms with E-state index in [4.69, 9.17) is 4.55 Å². The topological polar surface area (TPSA) is 166 Å². The van der Waals surface area contributed by atoms with Gasteiger partial charge in [-0.15, -0.1) is 6.58 Å². The second-order valence-corrected chi connectivity index (χ2v) is 12.2. The van der Waals surface area contributed by atoms with Crippen LogP contribution in [0.4, 0.5) is 0 Å². The second kappa shape index (κ2) is 16.6. The Kier molecular flexibility index (Phi) is 17.2. The molecule has 2 atom stereocenters. The lowest BCUT2D eigenvalue weighted by Crippen LogP contribution is -2.45. The lowest BCUT2D eigenvalue weighted by Gasteiger charge is -2.24. The molecule has 0 bridgehead atoms. The van der Waals surface area contributed by atoms with Gasteiger partial charge >= 0.3 is 5.97 Å². The number of carbonyl (C=O) groups is 1. The van der Waals surface area contributed by atoms with Crippen LogP contribution in [0.15, 0.2) is 12.7 Å². The van der Waals surface area contributed by atoms with Crippen molar-refractivity contribution < 1.29 is 40.9 Å². The van der Waals surface area contributed by atoms with Gasteiger partial charge in [0.05, 0.1) is 0 Å². The third kappa shape index (κ3) is 13.5. The number of rotatable bonds is 18. The number of aliphatic carboxylic acids is 1. The van der Waals surface area contributed by atoms with Gasteiger partial charge in [-0.2, -0.15) is 16.8 Å². The molecule has 0 fully saturated rings. The molecule has 0 aliphatic heterocycles. The minimum Gasteiger partial charge on any atom is -0.480 e. The number of allylic oxidation sites excluding steroid dienone is 1. The van der Waals surface area contributed by atoms with Crippen molar-refractivity contribution in [3.63, 3.8) is 0 Å². The molecule has 0 aliphatic carbocycles. The molecule has 0 aliphatic rings. The van der Waals surface area contributed by atoms with Gasteiger partial charge in [0.25, 0.3) is 20.2 Å². The van der Waals surface area contributed by atoms with Crippen molar-refractivity contribution >= 4 is 26.2 Å². The van der Waals surface area contributed by atoms with Gasteiger partial charge < -0.3 is 10.2 Å². The van der Waals surface area contributed by atoms with Gasteiger partial charge in [0, 0.05) is 0 Å². The first-order chi connectivity index (χ1) is 15.1. The van der Waals surface area contributed by atoms with Crippen molar-refractivity contribution in [2.24, 2.45) is 0 Å². The summed E-state index contributed by atoms with van der Waals surface area (Å²) in [7, 11) is -8.99. The van der Waals surface area contributed by atoms with Crippen molar-refractivity contribution in [3.8, 4) is 0 Å². The smallest absolute Gasteiger partial charge is 0.327 e. The second-order valence-electron chi connectivity index (χ2n) is 8.60. The number of carboxylic acids is 1. The molecular formula is C22H44O9S2. The molecule has 0 saturated heterocycles. The third-order valence-electron chi connectivity index (χ3n) is 5.59. The van der Waals surface area contributed by atoms with E-state index in [-0.39, 0.29) is 19.3 Å². The van der Waals surface area contributed by atoms with E-state index in [1.165, 1.54) is 25.3 Å². The first-order valence-corrected chi connectivity index (χ1v) is 14.5. The molecule has 0 rings (SSSR count). The van der Waals surface area contributed by atoms with Gasteiger partial charge in [-0.25, -0.2) is 0 Å². The van der Waals surface area contributed by atoms with Crippen LogP contribution in [-0.4, -0.2) is 51.8 Å². The summed E-state index contributed by atoms with van der Waals surface area (Å²) in [5, 5.41) is 18.4. The first-order valence-electron chi connectivity index (χ1n) is 11.6. The Labute approximate surface area is 200 Å². The Morgan fingerprint density at radius 3 is 1.55 bits per heavy atom. The predicted octanol–water partition coefficient (Wildman–Crippen LogP) is 4.97. The number of carboxylic acid groups (broad SMARTS) is 1. The van der Waals surface area contributed by atoms with Crippen molar-refractivity contribution in [1.29, 1.82) is 0 Å². The number of hydrogen-bond acceptors (Lipinski definition) is 6. The highest BCUT2D eigenvalue weighted by Crippen LogP contribution is 2.29. The van der Waals surface area contributed by atoms with Crippen molar-refractivity contribution in [2.75, 3.05) is 0 Å². The number of aliphatic hydroxyl groups is 1. The first kappa shape index (κ1) is 34.2. The third-order valence-corrected chi connectivity index (χ3v) is 8.44. The average molecular weight is 517 g/mol. The monoisotopic (exact) mass is 516 g/mol.